The summed E-state index contributed by atoms with van der Waals surface area (Å²) in [6, 6.07) is 9.35. The fourth-order valence-electron chi connectivity index (χ4n) is 5.88. The first-order chi connectivity index (χ1) is 18.1. The number of aromatic nitrogens is 1. The highest BCUT2D eigenvalue weighted by Crippen LogP contribution is 2.41. The summed E-state index contributed by atoms with van der Waals surface area (Å²) >= 11 is 0. The van der Waals surface area contributed by atoms with Gasteiger partial charge in [0.25, 0.3) is 5.91 Å². The lowest BCUT2D eigenvalue weighted by Gasteiger charge is -2.44. The van der Waals surface area contributed by atoms with Gasteiger partial charge in [0, 0.05) is 43.6 Å². The number of rotatable bonds is 5. The second-order valence-corrected chi connectivity index (χ2v) is 10.1. The van der Waals surface area contributed by atoms with E-state index in [1.165, 1.54) is 4.90 Å². The van der Waals surface area contributed by atoms with Gasteiger partial charge in [0.15, 0.2) is 0 Å². The van der Waals surface area contributed by atoms with Crippen molar-refractivity contribution in [3.63, 3.8) is 0 Å². The van der Waals surface area contributed by atoms with Crippen molar-refractivity contribution < 1.29 is 27.9 Å². The Hall–Kier alpha value is -3.61. The molecule has 2 saturated heterocycles. The normalized spacial score (nSPS) is 21.6. The molecule has 10 heteroatoms. The number of benzene rings is 1. The van der Waals surface area contributed by atoms with Crippen molar-refractivity contribution in [1.29, 1.82) is 5.26 Å². The molecule has 1 N–H and O–H groups in total. The van der Waals surface area contributed by atoms with Gasteiger partial charge in [-0.25, -0.2) is 0 Å². The average molecular weight is 529 g/mol. The Kier molecular flexibility index (Phi) is 7.95. The molecule has 2 aromatic rings. The second kappa shape index (κ2) is 11.0. The Morgan fingerprint density at radius 2 is 1.89 bits per heavy atom. The van der Waals surface area contributed by atoms with Gasteiger partial charge in [-0.15, -0.1) is 0 Å². The number of hydrogen-bond acceptors (Lipinski definition) is 5. The molecule has 2 atom stereocenters. The first kappa shape index (κ1) is 27.4. The van der Waals surface area contributed by atoms with E-state index in [4.69, 9.17) is 0 Å². The van der Waals surface area contributed by atoms with Gasteiger partial charge in [0.05, 0.1) is 28.5 Å². The number of alkyl halides is 3. The molecule has 0 aliphatic carbocycles. The van der Waals surface area contributed by atoms with E-state index >= 15 is 0 Å². The summed E-state index contributed by atoms with van der Waals surface area (Å²) in [5.41, 5.74) is -1.90. The van der Waals surface area contributed by atoms with E-state index in [9.17, 15) is 33.1 Å². The van der Waals surface area contributed by atoms with E-state index in [-0.39, 0.29) is 18.2 Å². The SMILES string of the molecule is CCCC1C(C(=O)N2CCC(C#N)(c3ccccc3O)CC2)CCCN1C(=O)c1cnccc1C(F)(F)F. The van der Waals surface area contributed by atoms with Crippen LogP contribution in [0.25, 0.3) is 0 Å². The summed E-state index contributed by atoms with van der Waals surface area (Å²) in [7, 11) is 0. The van der Waals surface area contributed by atoms with Crippen LogP contribution in [0.2, 0.25) is 0 Å². The molecule has 2 unspecified atom stereocenters. The van der Waals surface area contributed by atoms with Gasteiger partial charge < -0.3 is 14.9 Å². The summed E-state index contributed by atoms with van der Waals surface area (Å²) in [6.07, 6.45) is 0.136. The minimum atomic E-state index is -4.70. The number of nitrogens with zero attached hydrogens (tertiary/aromatic N) is 4. The molecule has 4 rings (SSSR count). The molecular formula is C28H31F3N4O3. The predicted molar refractivity (Wildman–Crippen MR) is 133 cm³/mol. The molecular weight excluding hydrogens is 497 g/mol. The van der Waals surface area contributed by atoms with Crippen LogP contribution in [0.4, 0.5) is 13.2 Å². The maximum Gasteiger partial charge on any atom is 0.417 e. The van der Waals surface area contributed by atoms with Crippen molar-refractivity contribution in [2.45, 2.75) is 63.1 Å². The van der Waals surface area contributed by atoms with Gasteiger partial charge in [0.2, 0.25) is 5.91 Å². The van der Waals surface area contributed by atoms with Crippen molar-refractivity contribution in [3.8, 4) is 11.8 Å². The fourth-order valence-corrected chi connectivity index (χ4v) is 5.88. The molecule has 2 aliphatic heterocycles. The number of carbonyl (C=O) groups excluding carboxylic acids is 2. The number of amides is 2. The molecule has 0 saturated carbocycles. The summed E-state index contributed by atoms with van der Waals surface area (Å²) in [5.74, 6) is -1.40. The van der Waals surface area contributed by atoms with Crippen LogP contribution in [0.15, 0.2) is 42.7 Å². The van der Waals surface area contributed by atoms with Crippen molar-refractivity contribution in [1.82, 2.24) is 14.8 Å². The molecule has 1 aromatic heterocycles. The van der Waals surface area contributed by atoms with Crippen molar-refractivity contribution >= 4 is 11.8 Å². The maximum atomic E-state index is 13.7. The van der Waals surface area contributed by atoms with Crippen LogP contribution < -0.4 is 0 Å². The number of likely N-dealkylation sites (tertiary alicyclic amines) is 2. The summed E-state index contributed by atoms with van der Waals surface area (Å²) in [4.78, 5) is 34.0. The third kappa shape index (κ3) is 5.19. The zero-order valence-electron chi connectivity index (χ0n) is 21.2. The van der Waals surface area contributed by atoms with Crippen LogP contribution in [0.5, 0.6) is 5.75 Å². The molecule has 7 nitrogen and oxygen atoms in total. The maximum absolute atomic E-state index is 13.7. The summed E-state index contributed by atoms with van der Waals surface area (Å²) < 4.78 is 40.8. The van der Waals surface area contributed by atoms with Crippen LogP contribution in [0.3, 0.4) is 0 Å². The molecule has 38 heavy (non-hydrogen) atoms. The van der Waals surface area contributed by atoms with Crippen molar-refractivity contribution in [2.24, 2.45) is 5.92 Å². The lowest BCUT2D eigenvalue weighted by atomic mass is 9.73. The monoisotopic (exact) mass is 528 g/mol. The quantitative estimate of drug-likeness (QED) is 0.595. The summed E-state index contributed by atoms with van der Waals surface area (Å²) in [6.45, 7) is 2.80. The van der Waals surface area contributed by atoms with Crippen molar-refractivity contribution in [2.75, 3.05) is 19.6 Å². The highest BCUT2D eigenvalue weighted by molar-refractivity contribution is 5.96. The van der Waals surface area contributed by atoms with E-state index in [2.05, 4.69) is 11.1 Å². The Morgan fingerprint density at radius 3 is 2.53 bits per heavy atom. The van der Waals surface area contributed by atoms with Gasteiger partial charge in [-0.05, 0) is 44.2 Å². The number of carbonyl (C=O) groups is 2. The van der Waals surface area contributed by atoms with Gasteiger partial charge >= 0.3 is 6.18 Å². The van der Waals surface area contributed by atoms with Gasteiger partial charge in [0.1, 0.15) is 5.75 Å². The third-order valence-electron chi connectivity index (χ3n) is 7.86. The molecule has 202 valence electrons. The second-order valence-electron chi connectivity index (χ2n) is 10.1. The number of phenols is 1. The topological polar surface area (TPSA) is 97.5 Å². The number of nitriles is 1. The first-order valence-electron chi connectivity index (χ1n) is 12.9. The van der Waals surface area contributed by atoms with E-state index in [1.54, 1.807) is 29.2 Å². The third-order valence-corrected chi connectivity index (χ3v) is 7.86. The number of para-hydroxylation sites is 1. The van der Waals surface area contributed by atoms with Crippen LogP contribution in [0.1, 0.15) is 66.9 Å². The Bertz CT molecular complexity index is 1220. The van der Waals surface area contributed by atoms with E-state index in [0.29, 0.717) is 57.2 Å². The molecule has 2 aliphatic rings. The number of halogens is 3. The van der Waals surface area contributed by atoms with E-state index in [1.807, 2.05) is 6.92 Å². The highest BCUT2D eigenvalue weighted by Gasteiger charge is 2.45. The molecule has 2 amide bonds. The predicted octanol–water partition coefficient (Wildman–Crippen LogP) is 4.91. The zero-order valence-corrected chi connectivity index (χ0v) is 21.2. The first-order valence-corrected chi connectivity index (χ1v) is 12.9. The van der Waals surface area contributed by atoms with Gasteiger partial charge in [-0.1, -0.05) is 31.5 Å². The number of aromatic hydroxyl groups is 1. The minimum Gasteiger partial charge on any atom is -0.508 e. The number of piperidine rings is 2. The molecule has 0 bridgehead atoms. The van der Waals surface area contributed by atoms with Gasteiger partial charge in [-0.2, -0.15) is 18.4 Å². The van der Waals surface area contributed by atoms with E-state index in [0.717, 1.165) is 18.5 Å². The van der Waals surface area contributed by atoms with E-state index < -0.39 is 40.6 Å². The Labute approximate surface area is 219 Å². The van der Waals surface area contributed by atoms with Crippen LogP contribution in [-0.2, 0) is 16.4 Å². The van der Waals surface area contributed by atoms with Crippen LogP contribution in [-0.4, -0.2) is 57.4 Å². The molecule has 1 aromatic carbocycles. The lowest BCUT2D eigenvalue weighted by molar-refractivity contribution is -0.141. The highest BCUT2D eigenvalue weighted by atomic mass is 19.4. The number of pyridine rings is 1. The van der Waals surface area contributed by atoms with Gasteiger partial charge in [-0.3, -0.25) is 14.6 Å². The lowest BCUT2D eigenvalue weighted by Crippen LogP contribution is -2.55. The molecule has 0 spiro atoms. The fraction of sp³-hybridized carbons (Fsp3) is 0.500. The van der Waals surface area contributed by atoms with Crippen molar-refractivity contribution in [3.05, 3.63) is 59.4 Å². The molecule has 3 heterocycles. The molecule has 2 fully saturated rings. The number of hydrogen-bond donors (Lipinski definition) is 1. The van der Waals surface area contributed by atoms with Crippen LogP contribution >= 0.6 is 0 Å². The zero-order chi connectivity index (χ0) is 27.5. The average Bonchev–Trinajstić information content (AvgIpc) is 2.92. The number of phenolic OH excluding ortho intramolecular Hbond substituents is 1. The minimum absolute atomic E-state index is 0.0481. The Morgan fingerprint density at radius 1 is 1.18 bits per heavy atom. The molecule has 0 radical (unpaired) electrons. The standard InChI is InChI=1S/C28H31F3N4O3/c1-2-6-23-19(7-5-14-35(23)26(38)20-17-33-13-10-21(20)28(29,30)31)25(37)34-15-11-27(18-32,12-16-34)22-8-3-4-9-24(22)36/h3-4,8-10,13,17,19,23,36H,2,5-7,11-12,14-16H2,1H3. The summed E-state index contributed by atoms with van der Waals surface area (Å²) in [5, 5.41) is 20.3. The van der Waals surface area contributed by atoms with Crippen LogP contribution in [0, 0.1) is 17.2 Å². The largest absolute Gasteiger partial charge is 0.508 e. The Balaban J connectivity index is 1.54. The smallest absolute Gasteiger partial charge is 0.417 e.